The van der Waals surface area contributed by atoms with E-state index in [1.54, 1.807) is 6.92 Å². The zero-order valence-electron chi connectivity index (χ0n) is 6.17. The molecule has 6 nitrogen and oxygen atoms in total. The summed E-state index contributed by atoms with van der Waals surface area (Å²) in [6.45, 7) is 1.59. The summed E-state index contributed by atoms with van der Waals surface area (Å²) >= 11 is 0. The lowest BCUT2D eigenvalue weighted by molar-refractivity contribution is 0.549. The van der Waals surface area contributed by atoms with Crippen LogP contribution in [0.1, 0.15) is 5.89 Å². The highest BCUT2D eigenvalue weighted by Gasteiger charge is 2.06. The van der Waals surface area contributed by atoms with Gasteiger partial charge >= 0.3 is 5.69 Å². The molecular weight excluding hydrogens is 162 g/mol. The molecule has 2 N–H and O–H groups in total. The van der Waals surface area contributed by atoms with E-state index in [1.807, 2.05) is 4.98 Å². The van der Waals surface area contributed by atoms with E-state index >= 15 is 0 Å². The third-order valence-corrected chi connectivity index (χ3v) is 1.40. The first-order valence-electron chi connectivity index (χ1n) is 3.26. The zero-order chi connectivity index (χ0) is 8.72. The Labute approximate surface area is 65.3 Å². The molecule has 0 amide bonds. The molecule has 0 saturated carbocycles. The van der Waals surface area contributed by atoms with Crippen molar-refractivity contribution in [3.63, 3.8) is 0 Å². The Morgan fingerprint density at radius 1 is 1.33 bits per heavy atom. The number of aromatic amines is 2. The number of H-pyrrole nitrogens is 2. The molecule has 0 fully saturated rings. The number of aromatic nitrogens is 3. The van der Waals surface area contributed by atoms with Crippen molar-refractivity contribution >= 4 is 11.2 Å². The molecule has 0 aromatic carbocycles. The monoisotopic (exact) mass is 167 g/mol. The molecule has 0 unspecified atom stereocenters. The Balaban J connectivity index is 3.08. The Kier molecular flexibility index (Phi) is 1.18. The highest BCUT2D eigenvalue weighted by Crippen LogP contribution is 2.04. The van der Waals surface area contributed by atoms with Gasteiger partial charge in [-0.15, -0.1) is 0 Å². The number of fused-ring (bicyclic) bond motifs is 1. The fourth-order valence-corrected chi connectivity index (χ4v) is 0.962. The number of aryl methyl sites for hydroxylation is 1. The van der Waals surface area contributed by atoms with Gasteiger partial charge in [-0.25, -0.2) is 9.78 Å². The van der Waals surface area contributed by atoms with Crippen LogP contribution in [-0.2, 0) is 0 Å². The number of oxazole rings is 1. The van der Waals surface area contributed by atoms with E-state index in [2.05, 4.69) is 9.97 Å². The lowest BCUT2D eigenvalue weighted by Gasteiger charge is -1.82. The summed E-state index contributed by atoms with van der Waals surface area (Å²) in [6, 6.07) is 0. The van der Waals surface area contributed by atoms with Gasteiger partial charge in [0.2, 0.25) is 5.71 Å². The molecule has 2 aromatic heterocycles. The van der Waals surface area contributed by atoms with Crippen LogP contribution in [0, 0.1) is 6.92 Å². The van der Waals surface area contributed by atoms with E-state index in [-0.39, 0.29) is 11.2 Å². The molecule has 0 aliphatic heterocycles. The lowest BCUT2D eigenvalue weighted by atomic mass is 10.6. The molecule has 0 atom stereocenters. The van der Waals surface area contributed by atoms with Crippen LogP contribution in [0.4, 0.5) is 0 Å². The van der Waals surface area contributed by atoms with Crippen molar-refractivity contribution in [2.45, 2.75) is 6.92 Å². The van der Waals surface area contributed by atoms with Crippen LogP contribution in [0.25, 0.3) is 11.2 Å². The van der Waals surface area contributed by atoms with Crippen molar-refractivity contribution < 1.29 is 4.42 Å². The minimum absolute atomic E-state index is 0.112. The molecular formula is C6H5N3O3. The van der Waals surface area contributed by atoms with E-state index in [4.69, 9.17) is 4.42 Å². The van der Waals surface area contributed by atoms with E-state index in [9.17, 15) is 9.59 Å². The van der Waals surface area contributed by atoms with Crippen LogP contribution in [0.15, 0.2) is 14.0 Å². The average Bonchev–Trinajstić information content (AvgIpc) is 2.29. The van der Waals surface area contributed by atoms with Gasteiger partial charge in [0.25, 0.3) is 5.56 Å². The maximum atomic E-state index is 11.0. The predicted octanol–water partition coefficient (Wildman–Crippen LogP) is -0.487. The Hall–Kier alpha value is -1.85. The van der Waals surface area contributed by atoms with Crippen LogP contribution >= 0.6 is 0 Å². The largest absolute Gasteiger partial charge is 0.424 e. The highest BCUT2D eigenvalue weighted by molar-refractivity contribution is 5.65. The number of nitrogens with one attached hydrogen (secondary N) is 2. The summed E-state index contributed by atoms with van der Waals surface area (Å²) in [5.74, 6) is 0.345. The Bertz CT molecular complexity index is 533. The second-order valence-corrected chi connectivity index (χ2v) is 2.32. The van der Waals surface area contributed by atoms with Gasteiger partial charge in [-0.05, 0) is 0 Å². The first-order valence-corrected chi connectivity index (χ1v) is 3.26. The van der Waals surface area contributed by atoms with Crippen molar-refractivity contribution in [1.82, 2.24) is 15.0 Å². The van der Waals surface area contributed by atoms with Gasteiger partial charge in [-0.2, -0.15) is 0 Å². The van der Waals surface area contributed by atoms with Gasteiger partial charge in [0, 0.05) is 6.92 Å². The number of rotatable bonds is 0. The predicted molar refractivity (Wildman–Crippen MR) is 40.0 cm³/mol. The van der Waals surface area contributed by atoms with Crippen LogP contribution < -0.4 is 11.2 Å². The molecule has 0 aliphatic carbocycles. The molecule has 0 bridgehead atoms. The van der Waals surface area contributed by atoms with Crippen LogP contribution in [0.3, 0.4) is 0 Å². The number of nitrogens with zero attached hydrogens (tertiary/aromatic N) is 1. The van der Waals surface area contributed by atoms with Crippen molar-refractivity contribution in [2.75, 3.05) is 0 Å². The standard InChI is InChI=1S/C6H5N3O3/c1-2-7-3-4(10)8-6(11)9-5(3)12-2/h1H3,(H2,8,9,10,11). The molecule has 0 aliphatic rings. The molecule has 2 heterocycles. The van der Waals surface area contributed by atoms with Crippen LogP contribution in [0.2, 0.25) is 0 Å². The highest BCUT2D eigenvalue weighted by atomic mass is 16.4. The fourth-order valence-electron chi connectivity index (χ4n) is 0.962. The molecule has 2 rings (SSSR count). The summed E-state index contributed by atoms with van der Waals surface area (Å²) < 4.78 is 4.94. The Morgan fingerprint density at radius 2 is 2.08 bits per heavy atom. The van der Waals surface area contributed by atoms with Gasteiger partial charge < -0.3 is 4.42 Å². The smallest absolute Gasteiger partial charge is 0.328 e. The summed E-state index contributed by atoms with van der Waals surface area (Å²) in [4.78, 5) is 29.9. The SMILES string of the molecule is Cc1nc2c(=O)[nH]c(=O)[nH]c2o1. The first kappa shape index (κ1) is 6.84. The molecule has 0 spiro atoms. The van der Waals surface area contributed by atoms with E-state index in [0.717, 1.165) is 0 Å². The van der Waals surface area contributed by atoms with E-state index in [0.29, 0.717) is 5.89 Å². The normalized spacial score (nSPS) is 10.8. The summed E-state index contributed by atoms with van der Waals surface area (Å²) in [6.07, 6.45) is 0. The fraction of sp³-hybridized carbons (Fsp3) is 0.167. The van der Waals surface area contributed by atoms with Crippen molar-refractivity contribution in [1.29, 1.82) is 0 Å². The number of hydrogen-bond acceptors (Lipinski definition) is 4. The zero-order valence-corrected chi connectivity index (χ0v) is 6.17. The molecule has 62 valence electrons. The second kappa shape index (κ2) is 2.07. The Morgan fingerprint density at radius 3 is 2.83 bits per heavy atom. The second-order valence-electron chi connectivity index (χ2n) is 2.32. The van der Waals surface area contributed by atoms with Crippen molar-refractivity contribution in [3.8, 4) is 0 Å². The topological polar surface area (TPSA) is 91.8 Å². The average molecular weight is 167 g/mol. The summed E-state index contributed by atoms with van der Waals surface area (Å²) in [5.41, 5.74) is -0.900. The summed E-state index contributed by atoms with van der Waals surface area (Å²) in [5, 5.41) is 0. The summed E-state index contributed by atoms with van der Waals surface area (Å²) in [7, 11) is 0. The van der Waals surface area contributed by atoms with Gasteiger partial charge in [-0.1, -0.05) is 0 Å². The van der Waals surface area contributed by atoms with Crippen LogP contribution in [-0.4, -0.2) is 15.0 Å². The number of hydrogen-bond donors (Lipinski definition) is 2. The van der Waals surface area contributed by atoms with E-state index in [1.165, 1.54) is 0 Å². The maximum absolute atomic E-state index is 11.0. The maximum Gasteiger partial charge on any atom is 0.328 e. The van der Waals surface area contributed by atoms with Crippen LogP contribution in [0.5, 0.6) is 0 Å². The van der Waals surface area contributed by atoms with Crippen molar-refractivity contribution in [2.24, 2.45) is 0 Å². The molecule has 0 saturated heterocycles. The third kappa shape index (κ3) is 0.849. The van der Waals surface area contributed by atoms with Gasteiger partial charge in [0.15, 0.2) is 11.4 Å². The van der Waals surface area contributed by atoms with Gasteiger partial charge in [0.1, 0.15) is 0 Å². The van der Waals surface area contributed by atoms with Gasteiger partial charge in [0.05, 0.1) is 0 Å². The first-order chi connectivity index (χ1) is 5.66. The van der Waals surface area contributed by atoms with Gasteiger partial charge in [-0.3, -0.25) is 14.8 Å². The molecule has 2 aromatic rings. The minimum Gasteiger partial charge on any atom is -0.424 e. The van der Waals surface area contributed by atoms with E-state index < -0.39 is 11.2 Å². The molecule has 6 heteroatoms. The lowest BCUT2D eigenvalue weighted by Crippen LogP contribution is -2.21. The third-order valence-electron chi connectivity index (χ3n) is 1.40. The molecule has 0 radical (unpaired) electrons. The minimum atomic E-state index is -0.594. The van der Waals surface area contributed by atoms with Crippen molar-refractivity contribution in [3.05, 3.63) is 26.7 Å². The quantitative estimate of drug-likeness (QED) is 0.553. The molecule has 12 heavy (non-hydrogen) atoms.